The van der Waals surface area contributed by atoms with E-state index in [-0.39, 0.29) is 17.7 Å². The average Bonchev–Trinajstić information content (AvgIpc) is 3.28. The van der Waals surface area contributed by atoms with Gasteiger partial charge in [0.05, 0.1) is 11.4 Å². The number of halogens is 1. The van der Waals surface area contributed by atoms with Crippen LogP contribution in [0.2, 0.25) is 5.02 Å². The molecule has 0 atom stereocenters. The molecular weight excluding hydrogens is 440 g/mol. The molecule has 4 nitrogen and oxygen atoms in total. The van der Waals surface area contributed by atoms with Crippen molar-refractivity contribution in [3.8, 4) is 0 Å². The van der Waals surface area contributed by atoms with E-state index in [0.29, 0.717) is 9.93 Å². The molecule has 0 saturated carbocycles. The molecule has 0 aliphatic carbocycles. The van der Waals surface area contributed by atoms with Gasteiger partial charge in [0, 0.05) is 34.2 Å². The minimum Gasteiger partial charge on any atom is -0.342 e. The minimum absolute atomic E-state index is 0.231. The molecule has 0 bridgehead atoms. The summed E-state index contributed by atoms with van der Waals surface area (Å²) in [5, 5.41) is 1.41. The molecule has 1 aliphatic heterocycles. The summed E-state index contributed by atoms with van der Waals surface area (Å²) in [6.45, 7) is 0.960. The molecule has 1 fully saturated rings. The number of aromatic nitrogens is 1. The molecule has 1 saturated heterocycles. The summed E-state index contributed by atoms with van der Waals surface area (Å²) in [6.07, 6.45) is 3.88. The van der Waals surface area contributed by atoms with E-state index in [0.717, 1.165) is 40.3 Å². The Hall–Kier alpha value is -3.28. The zero-order chi connectivity index (χ0) is 22.1. The summed E-state index contributed by atoms with van der Waals surface area (Å²) in [5.74, 6) is -0.269. The maximum absolute atomic E-state index is 13.0. The van der Waals surface area contributed by atoms with Crippen molar-refractivity contribution >= 4 is 51.5 Å². The van der Waals surface area contributed by atoms with Gasteiger partial charge in [-0.3, -0.25) is 14.5 Å². The number of rotatable bonds is 5. The molecule has 2 amide bonds. The van der Waals surface area contributed by atoms with E-state index in [1.165, 1.54) is 10.5 Å². The third kappa shape index (κ3) is 4.09. The van der Waals surface area contributed by atoms with E-state index in [9.17, 15) is 9.59 Å². The number of nitrogens with zero attached hydrogens (tertiary/aromatic N) is 2. The SMILES string of the molecule is O=C1S/C(=C\c2cn(Cc3ccccc3)c3ccccc23)C(=O)N1Cc1ccc(Cl)cc1. The van der Waals surface area contributed by atoms with Crippen LogP contribution < -0.4 is 0 Å². The van der Waals surface area contributed by atoms with Crippen molar-refractivity contribution < 1.29 is 9.59 Å². The largest absolute Gasteiger partial charge is 0.342 e. The normalized spacial score (nSPS) is 15.3. The van der Waals surface area contributed by atoms with Gasteiger partial charge in [-0.05, 0) is 47.2 Å². The smallest absolute Gasteiger partial charge is 0.293 e. The van der Waals surface area contributed by atoms with Crippen molar-refractivity contribution in [2.75, 3.05) is 0 Å². The zero-order valence-electron chi connectivity index (χ0n) is 17.1. The van der Waals surface area contributed by atoms with Crippen molar-refractivity contribution in [1.29, 1.82) is 0 Å². The molecule has 1 aromatic heterocycles. The van der Waals surface area contributed by atoms with Gasteiger partial charge in [-0.1, -0.05) is 72.3 Å². The highest BCUT2D eigenvalue weighted by molar-refractivity contribution is 8.18. The molecule has 158 valence electrons. The van der Waals surface area contributed by atoms with Crippen LogP contribution in [-0.2, 0) is 17.9 Å². The Morgan fingerprint density at radius 1 is 0.812 bits per heavy atom. The first-order valence-electron chi connectivity index (χ1n) is 10.2. The van der Waals surface area contributed by atoms with Crippen molar-refractivity contribution in [2.24, 2.45) is 0 Å². The number of benzene rings is 3. The molecule has 5 rings (SSSR count). The van der Waals surface area contributed by atoms with E-state index in [1.807, 2.05) is 60.8 Å². The number of thioether (sulfide) groups is 1. The Labute approximate surface area is 195 Å². The van der Waals surface area contributed by atoms with Gasteiger partial charge >= 0.3 is 0 Å². The zero-order valence-corrected chi connectivity index (χ0v) is 18.6. The number of amides is 2. The highest BCUT2D eigenvalue weighted by atomic mass is 35.5. The second-order valence-electron chi connectivity index (χ2n) is 7.61. The van der Waals surface area contributed by atoms with E-state index >= 15 is 0 Å². The van der Waals surface area contributed by atoms with Gasteiger partial charge in [-0.25, -0.2) is 0 Å². The predicted octanol–water partition coefficient (Wildman–Crippen LogP) is 6.58. The fourth-order valence-electron chi connectivity index (χ4n) is 3.85. The molecule has 1 aliphatic rings. The number of imide groups is 1. The van der Waals surface area contributed by atoms with Gasteiger partial charge in [0.2, 0.25) is 0 Å². The molecule has 4 aromatic rings. The van der Waals surface area contributed by atoms with Crippen molar-refractivity contribution in [3.05, 3.63) is 112 Å². The first-order valence-corrected chi connectivity index (χ1v) is 11.4. The molecule has 0 unspecified atom stereocenters. The molecule has 3 aromatic carbocycles. The van der Waals surface area contributed by atoms with Crippen LogP contribution in [0, 0.1) is 0 Å². The van der Waals surface area contributed by atoms with Gasteiger partial charge in [0.25, 0.3) is 11.1 Å². The van der Waals surface area contributed by atoms with Crippen LogP contribution in [-0.4, -0.2) is 20.6 Å². The van der Waals surface area contributed by atoms with Crippen LogP contribution in [0.15, 0.2) is 90.0 Å². The van der Waals surface area contributed by atoms with Crippen LogP contribution >= 0.6 is 23.4 Å². The summed E-state index contributed by atoms with van der Waals surface area (Å²) in [4.78, 5) is 27.3. The average molecular weight is 459 g/mol. The molecule has 32 heavy (non-hydrogen) atoms. The third-order valence-corrected chi connectivity index (χ3v) is 6.59. The van der Waals surface area contributed by atoms with Crippen molar-refractivity contribution in [1.82, 2.24) is 9.47 Å². The second-order valence-corrected chi connectivity index (χ2v) is 9.04. The number of para-hydroxylation sites is 1. The Morgan fingerprint density at radius 3 is 2.28 bits per heavy atom. The fourth-order valence-corrected chi connectivity index (χ4v) is 4.81. The van der Waals surface area contributed by atoms with E-state index < -0.39 is 0 Å². The summed E-state index contributed by atoms with van der Waals surface area (Å²) < 4.78 is 2.18. The summed E-state index contributed by atoms with van der Waals surface area (Å²) in [7, 11) is 0. The van der Waals surface area contributed by atoms with Gasteiger partial charge in [-0.2, -0.15) is 0 Å². The Bertz CT molecular complexity index is 1340. The van der Waals surface area contributed by atoms with Crippen LogP contribution in [0.4, 0.5) is 4.79 Å². The number of fused-ring (bicyclic) bond motifs is 1. The van der Waals surface area contributed by atoms with Crippen molar-refractivity contribution in [2.45, 2.75) is 13.1 Å². The molecular formula is C26H19ClN2O2S. The molecule has 0 N–H and O–H groups in total. The number of carbonyl (C=O) groups excluding carboxylic acids is 2. The quantitative estimate of drug-likeness (QED) is 0.317. The van der Waals surface area contributed by atoms with Crippen LogP contribution in [0.3, 0.4) is 0 Å². The van der Waals surface area contributed by atoms with E-state index in [1.54, 1.807) is 12.1 Å². The number of carbonyl (C=O) groups is 2. The first-order chi connectivity index (χ1) is 15.6. The van der Waals surface area contributed by atoms with Crippen LogP contribution in [0.25, 0.3) is 17.0 Å². The standard InChI is InChI=1S/C26H19ClN2O2S/c27-21-12-10-19(11-13-21)16-29-25(30)24(32-26(29)31)14-20-17-28(15-18-6-2-1-3-7-18)23-9-5-4-8-22(20)23/h1-14,17H,15-16H2/b24-14-. The highest BCUT2D eigenvalue weighted by Gasteiger charge is 2.35. The molecule has 6 heteroatoms. The first kappa shape index (κ1) is 20.6. The van der Waals surface area contributed by atoms with Gasteiger partial charge in [0.15, 0.2) is 0 Å². The van der Waals surface area contributed by atoms with E-state index in [2.05, 4.69) is 22.8 Å². The summed E-state index contributed by atoms with van der Waals surface area (Å²) in [5.41, 5.74) is 4.07. The van der Waals surface area contributed by atoms with Crippen LogP contribution in [0.5, 0.6) is 0 Å². The monoisotopic (exact) mass is 458 g/mol. The lowest BCUT2D eigenvalue weighted by Crippen LogP contribution is -2.27. The number of hydrogen-bond acceptors (Lipinski definition) is 3. The maximum Gasteiger partial charge on any atom is 0.293 e. The van der Waals surface area contributed by atoms with E-state index in [4.69, 9.17) is 11.6 Å². The lowest BCUT2D eigenvalue weighted by Gasteiger charge is -2.12. The summed E-state index contributed by atoms with van der Waals surface area (Å²) in [6, 6.07) is 25.5. The topological polar surface area (TPSA) is 42.3 Å². The van der Waals surface area contributed by atoms with Crippen molar-refractivity contribution in [3.63, 3.8) is 0 Å². The van der Waals surface area contributed by atoms with Crippen LogP contribution in [0.1, 0.15) is 16.7 Å². The fraction of sp³-hybridized carbons (Fsp3) is 0.0769. The summed E-state index contributed by atoms with van der Waals surface area (Å²) >= 11 is 6.92. The van der Waals surface area contributed by atoms with Gasteiger partial charge < -0.3 is 4.57 Å². The lowest BCUT2D eigenvalue weighted by atomic mass is 10.1. The third-order valence-electron chi connectivity index (χ3n) is 5.43. The molecule has 0 spiro atoms. The maximum atomic E-state index is 13.0. The Morgan fingerprint density at radius 2 is 1.50 bits per heavy atom. The Kier molecular flexibility index (Phi) is 5.60. The van der Waals surface area contributed by atoms with Gasteiger partial charge in [-0.15, -0.1) is 0 Å². The predicted molar refractivity (Wildman–Crippen MR) is 130 cm³/mol. The minimum atomic E-state index is -0.269. The highest BCUT2D eigenvalue weighted by Crippen LogP contribution is 2.35. The lowest BCUT2D eigenvalue weighted by molar-refractivity contribution is -0.123. The molecule has 2 heterocycles. The second kappa shape index (κ2) is 8.69. The molecule has 0 radical (unpaired) electrons. The Balaban J connectivity index is 1.45. The van der Waals surface area contributed by atoms with Gasteiger partial charge in [0.1, 0.15) is 0 Å². The number of hydrogen-bond donors (Lipinski definition) is 0.